The van der Waals surface area contributed by atoms with Gasteiger partial charge in [-0.05, 0) is 13.8 Å². The predicted molar refractivity (Wildman–Crippen MR) is 63.1 cm³/mol. The number of esters is 1. The molecule has 0 bridgehead atoms. The van der Waals surface area contributed by atoms with E-state index in [9.17, 15) is 4.79 Å². The Morgan fingerprint density at radius 2 is 2.12 bits per heavy atom. The Kier molecular flexibility index (Phi) is 3.44. The molecule has 0 saturated carbocycles. The summed E-state index contributed by atoms with van der Waals surface area (Å²) in [4.78, 5) is 10.7. The van der Waals surface area contributed by atoms with E-state index in [4.69, 9.17) is 18.9 Å². The van der Waals surface area contributed by atoms with Crippen LogP contribution in [0.15, 0.2) is 0 Å². The third kappa shape index (κ3) is 2.49. The molecular weight excluding hydrogens is 327 g/mol. The summed E-state index contributed by atoms with van der Waals surface area (Å²) in [6.45, 7) is 5.36. The zero-order chi connectivity index (χ0) is 11.9. The summed E-state index contributed by atoms with van der Waals surface area (Å²) >= 11 is 2.25. The van der Waals surface area contributed by atoms with Gasteiger partial charge in [-0.15, -0.1) is 0 Å². The second kappa shape index (κ2) is 4.40. The molecule has 92 valence electrons. The van der Waals surface area contributed by atoms with Gasteiger partial charge in [0.2, 0.25) is 0 Å². The zero-order valence-electron chi connectivity index (χ0n) is 9.44. The summed E-state index contributed by atoms with van der Waals surface area (Å²) in [5, 5.41) is 0. The van der Waals surface area contributed by atoms with Gasteiger partial charge in [-0.3, -0.25) is 4.79 Å². The van der Waals surface area contributed by atoms with Crippen molar-refractivity contribution in [3.63, 3.8) is 0 Å². The standard InChI is InChI=1S/C10H15IO5/c1-5(12)13-4-6-7(11)8-9(14-6)16-10(2,3)15-8/h6-9H,4H2,1-3H3/t6?,7-,8+,9+/m0/s1. The van der Waals surface area contributed by atoms with Crippen LogP contribution < -0.4 is 0 Å². The van der Waals surface area contributed by atoms with E-state index < -0.39 is 5.79 Å². The molecule has 0 spiro atoms. The normalized spacial score (nSPS) is 40.8. The Balaban J connectivity index is 1.92. The Morgan fingerprint density at radius 1 is 1.44 bits per heavy atom. The van der Waals surface area contributed by atoms with Crippen molar-refractivity contribution < 1.29 is 23.7 Å². The number of carbonyl (C=O) groups is 1. The van der Waals surface area contributed by atoms with Crippen LogP contribution in [0.1, 0.15) is 20.8 Å². The number of fused-ring (bicyclic) bond motifs is 1. The van der Waals surface area contributed by atoms with Crippen molar-refractivity contribution in [2.45, 2.75) is 49.0 Å². The molecule has 0 aromatic heterocycles. The third-order valence-electron chi connectivity index (χ3n) is 2.52. The van der Waals surface area contributed by atoms with Crippen LogP contribution in [-0.2, 0) is 23.7 Å². The molecule has 2 saturated heterocycles. The van der Waals surface area contributed by atoms with E-state index in [1.165, 1.54) is 6.92 Å². The Hall–Kier alpha value is 0.0800. The largest absolute Gasteiger partial charge is 0.463 e. The minimum Gasteiger partial charge on any atom is -0.463 e. The average molecular weight is 342 g/mol. The lowest BCUT2D eigenvalue weighted by molar-refractivity contribution is -0.208. The quantitative estimate of drug-likeness (QED) is 0.429. The van der Waals surface area contributed by atoms with E-state index in [1.807, 2.05) is 13.8 Å². The number of hydrogen-bond acceptors (Lipinski definition) is 5. The summed E-state index contributed by atoms with van der Waals surface area (Å²) in [7, 11) is 0. The molecule has 0 N–H and O–H groups in total. The summed E-state index contributed by atoms with van der Waals surface area (Å²) < 4.78 is 22.0. The van der Waals surface area contributed by atoms with Crippen LogP contribution in [0.25, 0.3) is 0 Å². The molecule has 0 amide bonds. The lowest BCUT2D eigenvalue weighted by atomic mass is 10.2. The van der Waals surface area contributed by atoms with Crippen LogP contribution in [0.3, 0.4) is 0 Å². The van der Waals surface area contributed by atoms with Gasteiger partial charge in [0.25, 0.3) is 0 Å². The Morgan fingerprint density at radius 3 is 2.69 bits per heavy atom. The van der Waals surface area contributed by atoms with Crippen molar-refractivity contribution in [2.75, 3.05) is 6.61 Å². The fourth-order valence-corrected chi connectivity index (χ4v) is 2.73. The van der Waals surface area contributed by atoms with Crippen LogP contribution in [0.4, 0.5) is 0 Å². The van der Waals surface area contributed by atoms with E-state index in [0.717, 1.165) is 0 Å². The van der Waals surface area contributed by atoms with Gasteiger partial charge in [-0.2, -0.15) is 0 Å². The molecular formula is C10H15IO5. The van der Waals surface area contributed by atoms with E-state index in [-0.39, 0.29) is 35.0 Å². The molecule has 1 unspecified atom stereocenters. The molecule has 0 aliphatic carbocycles. The highest BCUT2D eigenvalue weighted by Gasteiger charge is 2.53. The number of hydrogen-bond donors (Lipinski definition) is 0. The maximum atomic E-state index is 10.7. The lowest BCUT2D eigenvalue weighted by Gasteiger charge is -2.22. The first kappa shape index (κ1) is 12.5. The molecule has 2 heterocycles. The Labute approximate surface area is 108 Å². The van der Waals surface area contributed by atoms with Crippen molar-refractivity contribution in [2.24, 2.45) is 0 Å². The molecule has 2 rings (SSSR count). The van der Waals surface area contributed by atoms with Crippen molar-refractivity contribution in [3.8, 4) is 0 Å². The lowest BCUT2D eigenvalue weighted by Crippen LogP contribution is -2.33. The summed E-state index contributed by atoms with van der Waals surface area (Å²) in [6, 6.07) is 0. The van der Waals surface area contributed by atoms with E-state index >= 15 is 0 Å². The van der Waals surface area contributed by atoms with Crippen molar-refractivity contribution in [1.82, 2.24) is 0 Å². The second-order valence-electron chi connectivity index (χ2n) is 4.39. The second-order valence-corrected chi connectivity index (χ2v) is 5.83. The van der Waals surface area contributed by atoms with Crippen LogP contribution in [0.2, 0.25) is 0 Å². The first-order valence-electron chi connectivity index (χ1n) is 5.17. The molecule has 16 heavy (non-hydrogen) atoms. The maximum absolute atomic E-state index is 10.7. The van der Waals surface area contributed by atoms with E-state index in [2.05, 4.69) is 22.6 Å². The molecule has 2 aliphatic rings. The van der Waals surface area contributed by atoms with Gasteiger partial charge in [0, 0.05) is 6.92 Å². The van der Waals surface area contributed by atoms with Crippen molar-refractivity contribution >= 4 is 28.6 Å². The molecule has 2 fully saturated rings. The van der Waals surface area contributed by atoms with Crippen molar-refractivity contribution in [3.05, 3.63) is 0 Å². The van der Waals surface area contributed by atoms with Gasteiger partial charge in [0.05, 0.1) is 3.92 Å². The highest BCUT2D eigenvalue weighted by atomic mass is 127. The highest BCUT2D eigenvalue weighted by molar-refractivity contribution is 14.1. The molecule has 0 aromatic carbocycles. The monoisotopic (exact) mass is 342 g/mol. The van der Waals surface area contributed by atoms with Crippen LogP contribution in [0.5, 0.6) is 0 Å². The minimum atomic E-state index is -0.592. The highest BCUT2D eigenvalue weighted by Crippen LogP contribution is 2.40. The summed E-state index contributed by atoms with van der Waals surface area (Å²) in [6.07, 6.45) is -0.593. The maximum Gasteiger partial charge on any atom is 0.302 e. The fourth-order valence-electron chi connectivity index (χ4n) is 1.87. The molecule has 6 heteroatoms. The number of rotatable bonds is 2. The van der Waals surface area contributed by atoms with Gasteiger partial charge in [0.1, 0.15) is 18.8 Å². The van der Waals surface area contributed by atoms with Gasteiger partial charge in [-0.25, -0.2) is 0 Å². The van der Waals surface area contributed by atoms with Crippen molar-refractivity contribution in [1.29, 1.82) is 0 Å². The number of ether oxygens (including phenoxy) is 4. The first-order chi connectivity index (χ1) is 7.39. The number of halogens is 1. The topological polar surface area (TPSA) is 54.0 Å². The SMILES string of the molecule is CC(=O)OCC1O[C@@H]2OC(C)(C)O[C@@H]2[C@H]1I. The first-order valence-corrected chi connectivity index (χ1v) is 6.42. The van der Waals surface area contributed by atoms with Crippen LogP contribution >= 0.6 is 22.6 Å². The van der Waals surface area contributed by atoms with Crippen LogP contribution in [0, 0.1) is 0 Å². The van der Waals surface area contributed by atoms with E-state index in [1.54, 1.807) is 0 Å². The van der Waals surface area contributed by atoms with E-state index in [0.29, 0.717) is 0 Å². The summed E-state index contributed by atoms with van der Waals surface area (Å²) in [5.74, 6) is -0.892. The van der Waals surface area contributed by atoms with Gasteiger partial charge >= 0.3 is 5.97 Å². The smallest absolute Gasteiger partial charge is 0.302 e. The molecule has 0 radical (unpaired) electrons. The predicted octanol–water partition coefficient (Wildman–Crippen LogP) is 1.23. The van der Waals surface area contributed by atoms with Gasteiger partial charge in [-0.1, -0.05) is 22.6 Å². The van der Waals surface area contributed by atoms with Gasteiger partial charge < -0.3 is 18.9 Å². The van der Waals surface area contributed by atoms with Crippen LogP contribution in [-0.4, -0.2) is 40.8 Å². The third-order valence-corrected chi connectivity index (χ3v) is 4.03. The Bertz CT molecular complexity index is 293. The molecule has 0 aromatic rings. The number of carbonyl (C=O) groups excluding carboxylic acids is 1. The molecule has 4 atom stereocenters. The summed E-state index contributed by atoms with van der Waals surface area (Å²) in [5.41, 5.74) is 0. The van der Waals surface area contributed by atoms with Gasteiger partial charge in [0.15, 0.2) is 12.1 Å². The molecule has 5 nitrogen and oxygen atoms in total. The number of alkyl halides is 1. The fraction of sp³-hybridized carbons (Fsp3) is 0.900. The minimum absolute atomic E-state index is 0.0869. The zero-order valence-corrected chi connectivity index (χ0v) is 11.6. The molecule has 2 aliphatic heterocycles. The average Bonchev–Trinajstić information content (AvgIpc) is 2.58.